The molecule has 6 nitrogen and oxygen atoms in total. The Bertz CT molecular complexity index is 1410. The minimum Gasteiger partial charge on any atom is -0.463 e. The molecule has 3 aromatic carbocycles. The number of hydrogen-bond donors (Lipinski definition) is 0. The van der Waals surface area contributed by atoms with Crippen molar-refractivity contribution < 1.29 is 18.3 Å². The highest BCUT2D eigenvalue weighted by atomic mass is 32.1. The second kappa shape index (κ2) is 9.05. The fourth-order valence-corrected chi connectivity index (χ4v) is 4.00. The number of nitrogens with zero attached hydrogens (tertiary/aromatic N) is 3. The molecule has 0 atom stereocenters. The fraction of sp³-hybridized carbons (Fsp3) is 0. The summed E-state index contributed by atoms with van der Waals surface area (Å²) in [5.74, 6) is 1.00. The number of hydrazone groups is 1. The van der Waals surface area contributed by atoms with Crippen molar-refractivity contribution in [2.45, 2.75) is 0 Å². The van der Waals surface area contributed by atoms with Crippen LogP contribution >= 0.6 is 11.3 Å². The van der Waals surface area contributed by atoms with Gasteiger partial charge in [0.15, 0.2) is 0 Å². The number of halogens is 1. The number of furan rings is 1. The summed E-state index contributed by atoms with van der Waals surface area (Å²) in [7, 11) is 0. The van der Waals surface area contributed by atoms with Crippen molar-refractivity contribution in [3.05, 3.63) is 108 Å². The summed E-state index contributed by atoms with van der Waals surface area (Å²) in [6.07, 6.45) is 2.94. The Balaban J connectivity index is 1.45. The highest BCUT2D eigenvalue weighted by molar-refractivity contribution is 7.22. The first kappa shape index (κ1) is 20.6. The summed E-state index contributed by atoms with van der Waals surface area (Å²) in [5, 5.41) is 5.80. The molecule has 0 saturated heterocycles. The normalized spacial score (nSPS) is 11.2. The van der Waals surface area contributed by atoms with Crippen molar-refractivity contribution in [2.24, 2.45) is 5.10 Å². The van der Waals surface area contributed by atoms with Crippen LogP contribution in [0.25, 0.3) is 10.2 Å². The zero-order valence-corrected chi connectivity index (χ0v) is 17.9. The number of amides is 1. The van der Waals surface area contributed by atoms with Gasteiger partial charge in [-0.3, -0.25) is 4.79 Å². The van der Waals surface area contributed by atoms with Crippen molar-refractivity contribution in [2.75, 3.05) is 5.01 Å². The van der Waals surface area contributed by atoms with E-state index in [0.29, 0.717) is 38.2 Å². The maximum Gasteiger partial charge on any atom is 0.280 e. The van der Waals surface area contributed by atoms with Crippen molar-refractivity contribution >= 4 is 38.8 Å². The van der Waals surface area contributed by atoms with E-state index in [4.69, 9.17) is 9.15 Å². The lowest BCUT2D eigenvalue weighted by Gasteiger charge is -2.14. The molecule has 0 N–H and O–H groups in total. The van der Waals surface area contributed by atoms with Gasteiger partial charge in [-0.25, -0.2) is 9.37 Å². The van der Waals surface area contributed by atoms with E-state index in [0.717, 1.165) is 0 Å². The maximum absolute atomic E-state index is 13.6. The smallest absolute Gasteiger partial charge is 0.280 e. The van der Waals surface area contributed by atoms with Gasteiger partial charge in [0.05, 0.1) is 22.7 Å². The third-order valence-corrected chi connectivity index (χ3v) is 5.63. The van der Waals surface area contributed by atoms with Gasteiger partial charge < -0.3 is 9.15 Å². The molecule has 0 unspecified atom stereocenters. The molecule has 0 aliphatic heterocycles. The van der Waals surface area contributed by atoms with Gasteiger partial charge in [-0.05, 0) is 66.7 Å². The molecule has 1 amide bonds. The standard InChI is InChI=1S/C25H16FN3O3S/c26-18-10-13-22-23(15-18)33-25(28-22)29(27-16-21-7-4-14-31-21)24(30)17-8-11-20(12-9-17)32-19-5-2-1-3-6-19/h1-16H/b27-16+. The van der Waals surface area contributed by atoms with E-state index in [1.807, 2.05) is 30.3 Å². The SMILES string of the molecule is O=C(c1ccc(Oc2ccccc2)cc1)N(/N=C/c1ccco1)c1nc2ccc(F)cc2s1. The van der Waals surface area contributed by atoms with Crippen LogP contribution in [0.5, 0.6) is 11.5 Å². The van der Waals surface area contributed by atoms with E-state index in [9.17, 15) is 9.18 Å². The van der Waals surface area contributed by atoms with Gasteiger partial charge in [0.1, 0.15) is 23.1 Å². The molecule has 0 aliphatic carbocycles. The Hall–Kier alpha value is -4.30. The minimum atomic E-state index is -0.399. The Labute approximate surface area is 192 Å². The predicted molar refractivity (Wildman–Crippen MR) is 126 cm³/mol. The van der Waals surface area contributed by atoms with Gasteiger partial charge in [0, 0.05) is 5.56 Å². The molecule has 0 radical (unpaired) electrons. The lowest BCUT2D eigenvalue weighted by Crippen LogP contribution is -2.25. The van der Waals surface area contributed by atoms with E-state index in [2.05, 4.69) is 10.1 Å². The second-order valence-corrected chi connectivity index (χ2v) is 7.93. The monoisotopic (exact) mass is 457 g/mol. The fourth-order valence-electron chi connectivity index (χ4n) is 3.06. The zero-order valence-electron chi connectivity index (χ0n) is 17.1. The maximum atomic E-state index is 13.6. The summed E-state index contributed by atoms with van der Waals surface area (Å²) in [6, 6.07) is 23.8. The van der Waals surface area contributed by atoms with Gasteiger partial charge >= 0.3 is 0 Å². The molecule has 8 heteroatoms. The lowest BCUT2D eigenvalue weighted by molar-refractivity contribution is 0.0988. The summed E-state index contributed by atoms with van der Waals surface area (Å²) < 4.78 is 25.3. The summed E-state index contributed by atoms with van der Waals surface area (Å²) in [5.41, 5.74) is 0.964. The van der Waals surface area contributed by atoms with Crippen LogP contribution < -0.4 is 9.75 Å². The first-order valence-corrected chi connectivity index (χ1v) is 10.8. The third kappa shape index (κ3) is 4.65. The van der Waals surface area contributed by atoms with E-state index in [1.165, 1.54) is 41.0 Å². The molecule has 2 aromatic heterocycles. The van der Waals surface area contributed by atoms with Crippen LogP contribution in [0.2, 0.25) is 0 Å². The van der Waals surface area contributed by atoms with Crippen LogP contribution in [0.3, 0.4) is 0 Å². The van der Waals surface area contributed by atoms with Crippen molar-refractivity contribution in [1.29, 1.82) is 0 Å². The van der Waals surface area contributed by atoms with Gasteiger partial charge in [0.2, 0.25) is 5.13 Å². The Morgan fingerprint density at radius 3 is 2.55 bits per heavy atom. The molecule has 33 heavy (non-hydrogen) atoms. The number of ether oxygens (including phenoxy) is 1. The quantitative estimate of drug-likeness (QED) is 0.216. The summed E-state index contributed by atoms with van der Waals surface area (Å²) >= 11 is 1.17. The topological polar surface area (TPSA) is 67.9 Å². The number of rotatable bonds is 6. The number of anilines is 1. The van der Waals surface area contributed by atoms with Crippen molar-refractivity contribution in [1.82, 2.24) is 4.98 Å². The first-order chi connectivity index (χ1) is 16.2. The number of fused-ring (bicyclic) bond motifs is 1. The molecule has 0 spiro atoms. The van der Waals surface area contributed by atoms with E-state index in [1.54, 1.807) is 42.5 Å². The molecule has 162 valence electrons. The van der Waals surface area contributed by atoms with Gasteiger partial charge in [-0.1, -0.05) is 29.5 Å². The van der Waals surface area contributed by atoms with Crippen molar-refractivity contribution in [3.63, 3.8) is 0 Å². The van der Waals surface area contributed by atoms with Crippen LogP contribution in [0.15, 0.2) is 101 Å². The lowest BCUT2D eigenvalue weighted by atomic mass is 10.2. The number of aromatic nitrogens is 1. The van der Waals surface area contributed by atoms with Crippen LogP contribution in [0.1, 0.15) is 16.1 Å². The molecular formula is C25H16FN3O3S. The molecular weight excluding hydrogens is 441 g/mol. The minimum absolute atomic E-state index is 0.313. The number of hydrogen-bond acceptors (Lipinski definition) is 6. The third-order valence-electron chi connectivity index (χ3n) is 4.64. The number of benzene rings is 3. The Morgan fingerprint density at radius 1 is 1.00 bits per heavy atom. The number of carbonyl (C=O) groups is 1. The number of carbonyl (C=O) groups excluding carboxylic acids is 1. The number of para-hydroxylation sites is 1. The average Bonchev–Trinajstić information content (AvgIpc) is 3.50. The van der Waals surface area contributed by atoms with Gasteiger partial charge in [-0.15, -0.1) is 0 Å². The Morgan fingerprint density at radius 2 is 1.79 bits per heavy atom. The second-order valence-electron chi connectivity index (χ2n) is 6.92. The van der Waals surface area contributed by atoms with Gasteiger partial charge in [-0.2, -0.15) is 10.1 Å². The van der Waals surface area contributed by atoms with Gasteiger partial charge in [0.25, 0.3) is 5.91 Å². The molecule has 0 aliphatic rings. The Kier molecular flexibility index (Phi) is 5.65. The summed E-state index contributed by atoms with van der Waals surface area (Å²) in [6.45, 7) is 0. The molecule has 0 bridgehead atoms. The summed E-state index contributed by atoms with van der Waals surface area (Å²) in [4.78, 5) is 17.8. The highest BCUT2D eigenvalue weighted by Crippen LogP contribution is 2.31. The largest absolute Gasteiger partial charge is 0.463 e. The molecule has 5 rings (SSSR count). The molecule has 0 saturated carbocycles. The van der Waals surface area contributed by atoms with Crippen LogP contribution in [0, 0.1) is 5.82 Å². The van der Waals surface area contributed by atoms with Crippen LogP contribution in [-0.4, -0.2) is 17.1 Å². The number of thiazole rings is 1. The van der Waals surface area contributed by atoms with Crippen LogP contribution in [0.4, 0.5) is 9.52 Å². The highest BCUT2D eigenvalue weighted by Gasteiger charge is 2.21. The first-order valence-electron chi connectivity index (χ1n) is 9.97. The van der Waals surface area contributed by atoms with E-state index in [-0.39, 0.29) is 5.82 Å². The van der Waals surface area contributed by atoms with Crippen molar-refractivity contribution in [3.8, 4) is 11.5 Å². The molecule has 5 aromatic rings. The van der Waals surface area contributed by atoms with E-state index >= 15 is 0 Å². The predicted octanol–water partition coefficient (Wildman–Crippen LogP) is 6.50. The van der Waals surface area contributed by atoms with Crippen LogP contribution in [-0.2, 0) is 0 Å². The molecule has 0 fully saturated rings. The zero-order chi connectivity index (χ0) is 22.6. The van der Waals surface area contributed by atoms with E-state index < -0.39 is 5.91 Å². The molecule has 2 heterocycles. The average molecular weight is 457 g/mol.